The number of hydrogen-bond donors (Lipinski definition) is 1. The van der Waals surface area contributed by atoms with Gasteiger partial charge >= 0.3 is 5.97 Å². The Hall–Kier alpha value is -3.23. The summed E-state index contributed by atoms with van der Waals surface area (Å²) in [4.78, 5) is 63.2. The van der Waals surface area contributed by atoms with E-state index in [2.05, 4.69) is 5.32 Å². The standard InChI is InChI=1S/C19H23N3O6/c1-11(2)16(19(27)28-10-15(24)21(4)9-14(23)20-3)22-17(25)12-7-5-6-8-13(12)18(22)26/h5-8,11,16H,9-10H2,1-4H3,(H,20,23)/t16-/m0/s1. The average molecular weight is 389 g/mol. The third-order valence-corrected chi connectivity index (χ3v) is 4.40. The molecule has 0 saturated heterocycles. The van der Waals surface area contributed by atoms with E-state index >= 15 is 0 Å². The summed E-state index contributed by atoms with van der Waals surface area (Å²) in [6.45, 7) is 2.57. The Kier molecular flexibility index (Phi) is 6.50. The highest BCUT2D eigenvalue weighted by molar-refractivity contribution is 6.22. The molecule has 1 atom stereocenters. The molecule has 0 aromatic heterocycles. The number of esters is 1. The fourth-order valence-electron chi connectivity index (χ4n) is 2.85. The largest absolute Gasteiger partial charge is 0.454 e. The van der Waals surface area contributed by atoms with Gasteiger partial charge in [0.25, 0.3) is 17.7 Å². The fourth-order valence-corrected chi connectivity index (χ4v) is 2.85. The lowest BCUT2D eigenvalue weighted by Gasteiger charge is -2.27. The number of ether oxygens (including phenoxy) is 1. The highest BCUT2D eigenvalue weighted by Gasteiger charge is 2.44. The van der Waals surface area contributed by atoms with Crippen molar-refractivity contribution < 1.29 is 28.7 Å². The molecule has 4 amide bonds. The van der Waals surface area contributed by atoms with Crippen molar-refractivity contribution in [3.05, 3.63) is 35.4 Å². The van der Waals surface area contributed by atoms with Gasteiger partial charge < -0.3 is 15.0 Å². The van der Waals surface area contributed by atoms with Gasteiger partial charge in [0.1, 0.15) is 6.04 Å². The van der Waals surface area contributed by atoms with Crippen molar-refractivity contribution in [3.63, 3.8) is 0 Å². The second-order valence-corrected chi connectivity index (χ2v) is 6.75. The van der Waals surface area contributed by atoms with Crippen LogP contribution >= 0.6 is 0 Å². The van der Waals surface area contributed by atoms with Crippen molar-refractivity contribution in [1.29, 1.82) is 0 Å². The molecule has 28 heavy (non-hydrogen) atoms. The Balaban J connectivity index is 2.10. The second kappa shape index (κ2) is 8.64. The molecule has 0 radical (unpaired) electrons. The van der Waals surface area contributed by atoms with E-state index in [9.17, 15) is 24.0 Å². The van der Waals surface area contributed by atoms with Crippen molar-refractivity contribution in [3.8, 4) is 0 Å². The molecule has 9 heteroatoms. The van der Waals surface area contributed by atoms with Crippen LogP contribution in [0.25, 0.3) is 0 Å². The van der Waals surface area contributed by atoms with Crippen molar-refractivity contribution in [2.24, 2.45) is 5.92 Å². The molecule has 1 heterocycles. The molecule has 0 unspecified atom stereocenters. The zero-order valence-corrected chi connectivity index (χ0v) is 16.2. The van der Waals surface area contributed by atoms with Gasteiger partial charge in [-0.05, 0) is 18.1 Å². The lowest BCUT2D eigenvalue weighted by atomic mass is 10.0. The maximum atomic E-state index is 12.6. The minimum absolute atomic E-state index is 0.182. The van der Waals surface area contributed by atoms with Crippen molar-refractivity contribution in [2.45, 2.75) is 19.9 Å². The van der Waals surface area contributed by atoms with Gasteiger partial charge in [0.2, 0.25) is 5.91 Å². The minimum Gasteiger partial charge on any atom is -0.454 e. The molecule has 9 nitrogen and oxygen atoms in total. The number of nitrogens with zero attached hydrogens (tertiary/aromatic N) is 2. The SMILES string of the molecule is CNC(=O)CN(C)C(=O)COC(=O)[C@H](C(C)C)N1C(=O)c2ccccc2C1=O. The number of rotatable bonds is 7. The Morgan fingerprint density at radius 3 is 2.11 bits per heavy atom. The smallest absolute Gasteiger partial charge is 0.330 e. The van der Waals surface area contributed by atoms with E-state index in [0.717, 1.165) is 9.80 Å². The number of benzene rings is 1. The van der Waals surface area contributed by atoms with Crippen LogP contribution in [0.5, 0.6) is 0 Å². The number of nitrogens with one attached hydrogen (secondary N) is 1. The van der Waals surface area contributed by atoms with Crippen LogP contribution in [0, 0.1) is 5.92 Å². The number of amides is 4. The predicted octanol–water partition coefficient (Wildman–Crippen LogP) is 0.0548. The third kappa shape index (κ3) is 4.19. The van der Waals surface area contributed by atoms with Crippen LogP contribution in [0.15, 0.2) is 24.3 Å². The predicted molar refractivity (Wildman–Crippen MR) is 98.2 cm³/mol. The van der Waals surface area contributed by atoms with Crippen LogP contribution < -0.4 is 5.32 Å². The summed E-state index contributed by atoms with van der Waals surface area (Å²) in [5.41, 5.74) is 0.458. The van der Waals surface area contributed by atoms with E-state index < -0.39 is 42.3 Å². The third-order valence-electron chi connectivity index (χ3n) is 4.40. The van der Waals surface area contributed by atoms with Crippen molar-refractivity contribution in [1.82, 2.24) is 15.1 Å². The summed E-state index contributed by atoms with van der Waals surface area (Å²) in [5, 5.41) is 2.38. The molecule has 1 aliphatic rings. The number of carbonyl (C=O) groups excluding carboxylic acids is 5. The molecule has 150 valence electrons. The molecule has 2 rings (SSSR count). The first kappa shape index (κ1) is 21.1. The van der Waals surface area contributed by atoms with Gasteiger partial charge in [-0.3, -0.25) is 24.1 Å². The van der Waals surface area contributed by atoms with Gasteiger partial charge in [0.05, 0.1) is 17.7 Å². The Bertz CT molecular complexity index is 785. The van der Waals surface area contributed by atoms with E-state index in [1.54, 1.807) is 26.0 Å². The van der Waals surface area contributed by atoms with E-state index in [1.807, 2.05) is 0 Å². The molecule has 0 fully saturated rings. The van der Waals surface area contributed by atoms with Crippen LogP contribution in [-0.4, -0.2) is 72.7 Å². The fraction of sp³-hybridized carbons (Fsp3) is 0.421. The van der Waals surface area contributed by atoms with Gasteiger partial charge in [-0.2, -0.15) is 0 Å². The highest BCUT2D eigenvalue weighted by Crippen LogP contribution is 2.27. The highest BCUT2D eigenvalue weighted by atomic mass is 16.5. The van der Waals surface area contributed by atoms with E-state index in [-0.39, 0.29) is 23.6 Å². The van der Waals surface area contributed by atoms with Gasteiger partial charge in [0.15, 0.2) is 6.61 Å². The lowest BCUT2D eigenvalue weighted by molar-refractivity contribution is -0.156. The van der Waals surface area contributed by atoms with E-state index in [4.69, 9.17) is 4.74 Å². The zero-order chi connectivity index (χ0) is 21.0. The van der Waals surface area contributed by atoms with Crippen LogP contribution in [0.4, 0.5) is 0 Å². The Morgan fingerprint density at radius 2 is 1.64 bits per heavy atom. The molecule has 0 saturated carbocycles. The maximum absolute atomic E-state index is 12.6. The molecule has 0 bridgehead atoms. The molecule has 1 aromatic carbocycles. The number of hydrogen-bond acceptors (Lipinski definition) is 6. The van der Waals surface area contributed by atoms with Crippen LogP contribution in [0.3, 0.4) is 0 Å². The van der Waals surface area contributed by atoms with Gasteiger partial charge in [-0.15, -0.1) is 0 Å². The first-order chi connectivity index (χ1) is 13.2. The average Bonchev–Trinajstić information content (AvgIpc) is 2.91. The molecular formula is C19H23N3O6. The normalized spacial score (nSPS) is 14.0. The molecular weight excluding hydrogens is 366 g/mol. The number of carbonyl (C=O) groups is 5. The van der Waals surface area contributed by atoms with Crippen molar-refractivity contribution >= 4 is 29.6 Å². The summed E-state index contributed by atoms with van der Waals surface area (Å²) in [5.74, 6) is -3.37. The maximum Gasteiger partial charge on any atom is 0.330 e. The number of imide groups is 1. The van der Waals surface area contributed by atoms with E-state index in [0.29, 0.717) is 0 Å². The van der Waals surface area contributed by atoms with Gasteiger partial charge in [-0.25, -0.2) is 4.79 Å². The van der Waals surface area contributed by atoms with Gasteiger partial charge in [0, 0.05) is 14.1 Å². The monoisotopic (exact) mass is 389 g/mol. The summed E-state index contributed by atoms with van der Waals surface area (Å²) >= 11 is 0. The van der Waals surface area contributed by atoms with Crippen LogP contribution in [0.1, 0.15) is 34.6 Å². The topological polar surface area (TPSA) is 113 Å². The Labute approximate surface area is 162 Å². The lowest BCUT2D eigenvalue weighted by Crippen LogP contribution is -2.49. The first-order valence-electron chi connectivity index (χ1n) is 8.77. The zero-order valence-electron chi connectivity index (χ0n) is 16.2. The first-order valence-corrected chi connectivity index (χ1v) is 8.77. The Morgan fingerprint density at radius 1 is 1.11 bits per heavy atom. The van der Waals surface area contributed by atoms with Crippen LogP contribution in [0.2, 0.25) is 0 Å². The van der Waals surface area contributed by atoms with Crippen molar-refractivity contribution in [2.75, 3.05) is 27.2 Å². The quantitative estimate of drug-likeness (QED) is 0.521. The van der Waals surface area contributed by atoms with Crippen LogP contribution in [-0.2, 0) is 19.1 Å². The summed E-state index contributed by atoms with van der Waals surface area (Å²) in [7, 11) is 2.84. The molecule has 0 aliphatic carbocycles. The summed E-state index contributed by atoms with van der Waals surface area (Å²) in [6.07, 6.45) is 0. The summed E-state index contributed by atoms with van der Waals surface area (Å²) < 4.78 is 5.06. The molecule has 1 aromatic rings. The summed E-state index contributed by atoms with van der Waals surface area (Å²) in [6, 6.07) is 5.16. The molecule has 1 aliphatic heterocycles. The van der Waals surface area contributed by atoms with Gasteiger partial charge in [-0.1, -0.05) is 26.0 Å². The number of fused-ring (bicyclic) bond motifs is 1. The number of likely N-dealkylation sites (N-methyl/N-ethyl adjacent to an activating group) is 2. The van der Waals surface area contributed by atoms with E-state index in [1.165, 1.54) is 26.2 Å². The molecule has 1 N–H and O–H groups in total. The second-order valence-electron chi connectivity index (χ2n) is 6.75. The molecule has 0 spiro atoms. The minimum atomic E-state index is -1.16.